The van der Waals surface area contributed by atoms with Crippen LogP contribution in [0.3, 0.4) is 0 Å². The van der Waals surface area contributed by atoms with E-state index in [0.29, 0.717) is 39.1 Å². The Labute approximate surface area is 131 Å². The molecule has 0 N–H and O–H groups in total. The number of hydrogen-bond acceptors (Lipinski definition) is 6. The van der Waals surface area contributed by atoms with Crippen LogP contribution in [0, 0.1) is 0 Å². The minimum absolute atomic E-state index is 0.144. The van der Waals surface area contributed by atoms with Crippen LogP contribution in [0.25, 0.3) is 0 Å². The van der Waals surface area contributed by atoms with Crippen molar-refractivity contribution in [1.82, 2.24) is 14.3 Å². The maximum absolute atomic E-state index is 12.1. The van der Waals surface area contributed by atoms with Gasteiger partial charge in [-0.3, -0.25) is 0 Å². The van der Waals surface area contributed by atoms with Crippen LogP contribution in [0.2, 0.25) is 0 Å². The summed E-state index contributed by atoms with van der Waals surface area (Å²) in [4.78, 5) is 11.1. The van der Waals surface area contributed by atoms with E-state index in [-0.39, 0.29) is 5.75 Å². The highest BCUT2D eigenvalue weighted by Gasteiger charge is 2.27. The highest BCUT2D eigenvalue weighted by molar-refractivity contribution is 7.89. The average molecular weight is 326 g/mol. The Morgan fingerprint density at radius 1 is 1.14 bits per heavy atom. The van der Waals surface area contributed by atoms with Crippen LogP contribution in [0.4, 0.5) is 5.82 Å². The third-order valence-corrected chi connectivity index (χ3v) is 6.17. The fraction of sp³-hybridized carbons (Fsp3) is 0.714. The second-order valence-corrected chi connectivity index (χ2v) is 7.78. The number of hydrogen-bond donors (Lipinski definition) is 0. The van der Waals surface area contributed by atoms with Crippen molar-refractivity contribution in [2.45, 2.75) is 19.8 Å². The van der Waals surface area contributed by atoms with E-state index < -0.39 is 10.0 Å². The summed E-state index contributed by atoms with van der Waals surface area (Å²) in [6.07, 6.45) is 2.91. The van der Waals surface area contributed by atoms with Gasteiger partial charge in [-0.2, -0.15) is 0 Å². The van der Waals surface area contributed by atoms with Gasteiger partial charge in [-0.05, 0) is 13.3 Å². The minimum Gasteiger partial charge on any atom is -0.378 e. The van der Waals surface area contributed by atoms with Crippen molar-refractivity contribution in [3.05, 3.63) is 17.6 Å². The van der Waals surface area contributed by atoms with E-state index in [1.165, 1.54) is 0 Å². The van der Waals surface area contributed by atoms with Crippen LogP contribution < -0.4 is 4.90 Å². The van der Waals surface area contributed by atoms with E-state index in [2.05, 4.69) is 14.9 Å². The monoisotopic (exact) mass is 326 g/mol. The Kier molecular flexibility index (Phi) is 4.60. The quantitative estimate of drug-likeness (QED) is 0.782. The van der Waals surface area contributed by atoms with Crippen molar-refractivity contribution in [2.24, 2.45) is 0 Å². The molecule has 0 radical (unpaired) electrons. The van der Waals surface area contributed by atoms with Gasteiger partial charge in [0.2, 0.25) is 10.0 Å². The molecule has 0 saturated carbocycles. The van der Waals surface area contributed by atoms with E-state index in [4.69, 9.17) is 4.74 Å². The Hall–Kier alpha value is -1.25. The molecule has 0 bridgehead atoms. The van der Waals surface area contributed by atoms with Crippen molar-refractivity contribution in [2.75, 3.05) is 50.0 Å². The molecular weight excluding hydrogens is 304 g/mol. The minimum atomic E-state index is -3.15. The Balaban J connectivity index is 1.86. The molecule has 0 unspecified atom stereocenters. The molecule has 0 atom stereocenters. The van der Waals surface area contributed by atoms with E-state index in [1.807, 2.05) is 0 Å². The molecule has 2 aliphatic rings. The lowest BCUT2D eigenvalue weighted by Gasteiger charge is -2.29. The first-order valence-electron chi connectivity index (χ1n) is 7.75. The molecule has 3 rings (SSSR count). The van der Waals surface area contributed by atoms with Crippen LogP contribution in [-0.2, 0) is 27.6 Å². The predicted molar refractivity (Wildman–Crippen MR) is 83.5 cm³/mol. The van der Waals surface area contributed by atoms with Crippen LogP contribution >= 0.6 is 0 Å². The summed E-state index contributed by atoms with van der Waals surface area (Å²) in [5, 5.41) is 0. The summed E-state index contributed by atoms with van der Waals surface area (Å²) in [6, 6.07) is 0. The van der Waals surface area contributed by atoms with Crippen molar-refractivity contribution in [3.8, 4) is 0 Å². The molecule has 0 amide bonds. The maximum atomic E-state index is 12.1. The molecule has 1 aromatic rings. The average Bonchev–Trinajstić information content (AvgIpc) is 2.78. The molecular formula is C14H22N4O3S. The SMILES string of the molecule is CCS(=O)(=O)N1CCc2ncnc(N3CCOCC3)c2CC1. The van der Waals surface area contributed by atoms with Gasteiger partial charge in [0.1, 0.15) is 12.1 Å². The zero-order valence-electron chi connectivity index (χ0n) is 12.9. The van der Waals surface area contributed by atoms with Gasteiger partial charge in [-0.1, -0.05) is 0 Å². The first-order chi connectivity index (χ1) is 10.6. The smallest absolute Gasteiger partial charge is 0.213 e. The van der Waals surface area contributed by atoms with Crippen molar-refractivity contribution >= 4 is 15.8 Å². The van der Waals surface area contributed by atoms with Gasteiger partial charge in [0.15, 0.2) is 0 Å². The molecule has 1 fully saturated rings. The second kappa shape index (κ2) is 6.47. The van der Waals surface area contributed by atoms with Crippen LogP contribution in [0.15, 0.2) is 6.33 Å². The Morgan fingerprint density at radius 2 is 1.86 bits per heavy atom. The third-order valence-electron chi connectivity index (χ3n) is 4.29. The lowest BCUT2D eigenvalue weighted by Crippen LogP contribution is -2.37. The van der Waals surface area contributed by atoms with Gasteiger partial charge in [0.05, 0.1) is 24.7 Å². The highest BCUT2D eigenvalue weighted by atomic mass is 32.2. The van der Waals surface area contributed by atoms with Crippen molar-refractivity contribution < 1.29 is 13.2 Å². The summed E-state index contributed by atoms with van der Waals surface area (Å²) in [5.41, 5.74) is 2.07. The highest BCUT2D eigenvalue weighted by Crippen LogP contribution is 2.25. The summed E-state index contributed by atoms with van der Waals surface area (Å²) in [5.74, 6) is 1.09. The van der Waals surface area contributed by atoms with Gasteiger partial charge in [-0.15, -0.1) is 0 Å². The molecule has 7 nitrogen and oxygen atoms in total. The zero-order valence-corrected chi connectivity index (χ0v) is 13.7. The number of nitrogens with zero attached hydrogens (tertiary/aromatic N) is 4. The molecule has 1 aromatic heterocycles. The molecule has 0 aliphatic carbocycles. The summed E-state index contributed by atoms with van der Waals surface area (Å²) >= 11 is 0. The molecule has 3 heterocycles. The van der Waals surface area contributed by atoms with E-state index in [9.17, 15) is 8.42 Å². The Morgan fingerprint density at radius 3 is 2.59 bits per heavy atom. The largest absolute Gasteiger partial charge is 0.378 e. The van der Waals surface area contributed by atoms with Gasteiger partial charge >= 0.3 is 0 Å². The van der Waals surface area contributed by atoms with Crippen LogP contribution in [0.5, 0.6) is 0 Å². The van der Waals surface area contributed by atoms with Gasteiger partial charge in [0, 0.05) is 38.2 Å². The number of aromatic nitrogens is 2. The number of ether oxygens (including phenoxy) is 1. The molecule has 0 aromatic carbocycles. The number of rotatable bonds is 3. The topological polar surface area (TPSA) is 75.6 Å². The van der Waals surface area contributed by atoms with Crippen molar-refractivity contribution in [1.29, 1.82) is 0 Å². The molecule has 0 spiro atoms. The van der Waals surface area contributed by atoms with E-state index >= 15 is 0 Å². The summed E-state index contributed by atoms with van der Waals surface area (Å²) in [6.45, 7) is 5.74. The number of morpholine rings is 1. The first kappa shape index (κ1) is 15.6. The fourth-order valence-electron chi connectivity index (χ4n) is 3.00. The number of sulfonamides is 1. The van der Waals surface area contributed by atoms with Crippen molar-refractivity contribution in [3.63, 3.8) is 0 Å². The molecule has 8 heteroatoms. The van der Waals surface area contributed by atoms with Gasteiger partial charge < -0.3 is 9.64 Å². The maximum Gasteiger partial charge on any atom is 0.213 e. The van der Waals surface area contributed by atoms with E-state index in [1.54, 1.807) is 17.6 Å². The standard InChI is InChI=1S/C14H22N4O3S/c1-2-22(19,20)18-5-3-12-13(4-6-18)15-11-16-14(12)17-7-9-21-10-8-17/h11H,2-10H2,1H3. The summed E-state index contributed by atoms with van der Waals surface area (Å²) in [7, 11) is -3.15. The van der Waals surface area contributed by atoms with Gasteiger partial charge in [0.25, 0.3) is 0 Å². The lowest BCUT2D eigenvalue weighted by molar-refractivity contribution is 0.122. The lowest BCUT2D eigenvalue weighted by atomic mass is 10.1. The van der Waals surface area contributed by atoms with Crippen LogP contribution in [-0.4, -0.2) is 67.8 Å². The van der Waals surface area contributed by atoms with Crippen LogP contribution in [0.1, 0.15) is 18.2 Å². The van der Waals surface area contributed by atoms with E-state index in [0.717, 1.165) is 30.2 Å². The zero-order chi connectivity index (χ0) is 15.6. The molecule has 1 saturated heterocycles. The number of fused-ring (bicyclic) bond motifs is 1. The normalized spacial score (nSPS) is 20.5. The number of anilines is 1. The molecule has 22 heavy (non-hydrogen) atoms. The first-order valence-corrected chi connectivity index (χ1v) is 9.36. The fourth-order valence-corrected chi connectivity index (χ4v) is 4.10. The molecule has 122 valence electrons. The summed E-state index contributed by atoms with van der Waals surface area (Å²) < 4.78 is 31.2. The predicted octanol–water partition coefficient (Wildman–Crippen LogP) is 0.0635. The third kappa shape index (κ3) is 3.09. The Bertz CT molecular complexity index is 629. The second-order valence-electron chi connectivity index (χ2n) is 5.52. The molecule has 2 aliphatic heterocycles. The van der Waals surface area contributed by atoms with Gasteiger partial charge in [-0.25, -0.2) is 22.7 Å².